The maximum Gasteiger partial charge on any atom is 0.257 e. The summed E-state index contributed by atoms with van der Waals surface area (Å²) in [6.45, 7) is 7.83. The number of hydrogen-bond donors (Lipinski definition) is 1. The third kappa shape index (κ3) is 4.72. The van der Waals surface area contributed by atoms with Gasteiger partial charge in [-0.3, -0.25) is 4.79 Å². The Labute approximate surface area is 150 Å². The molecule has 1 aliphatic heterocycles. The van der Waals surface area contributed by atoms with Crippen LogP contribution in [0.1, 0.15) is 32.8 Å². The molecular weight excluding hydrogens is 314 g/mol. The van der Waals surface area contributed by atoms with E-state index in [0.717, 1.165) is 24.1 Å². The van der Waals surface area contributed by atoms with Gasteiger partial charge in [0.2, 0.25) is 0 Å². The minimum atomic E-state index is -0.00850. The van der Waals surface area contributed by atoms with Gasteiger partial charge in [0.1, 0.15) is 11.6 Å². The number of phenols is 1. The quantitative estimate of drug-likeness (QED) is 0.836. The summed E-state index contributed by atoms with van der Waals surface area (Å²) in [6.07, 6.45) is 4.57. The molecule has 0 radical (unpaired) electrons. The van der Waals surface area contributed by atoms with E-state index in [-0.39, 0.29) is 11.7 Å². The largest absolute Gasteiger partial charge is 0.508 e. The molecule has 1 amide bonds. The SMILES string of the molecule is CC=NC1=C(/C=C(/C)CC)C(=O)N(Cc2ccc(O)cc2)CCN1C. The van der Waals surface area contributed by atoms with E-state index in [0.29, 0.717) is 24.5 Å². The van der Waals surface area contributed by atoms with Crippen LogP contribution in [0.5, 0.6) is 5.75 Å². The van der Waals surface area contributed by atoms with Crippen LogP contribution in [0.2, 0.25) is 0 Å². The molecule has 0 aliphatic carbocycles. The fourth-order valence-corrected chi connectivity index (χ4v) is 2.69. The lowest BCUT2D eigenvalue weighted by Gasteiger charge is -2.22. The Morgan fingerprint density at radius 2 is 1.96 bits per heavy atom. The Morgan fingerprint density at radius 1 is 1.28 bits per heavy atom. The number of nitrogens with zero attached hydrogens (tertiary/aromatic N) is 3. The van der Waals surface area contributed by atoms with Crippen molar-refractivity contribution in [3.05, 3.63) is 52.9 Å². The second kappa shape index (κ2) is 8.51. The molecule has 0 spiro atoms. The van der Waals surface area contributed by atoms with E-state index in [9.17, 15) is 9.90 Å². The number of aromatic hydroxyl groups is 1. The van der Waals surface area contributed by atoms with Crippen LogP contribution in [0.4, 0.5) is 0 Å². The summed E-state index contributed by atoms with van der Waals surface area (Å²) in [5.41, 5.74) is 2.77. The standard InChI is InChI=1S/C20H27N3O2/c1-5-15(3)13-18-19(21-6-2)22(4)11-12-23(20(18)25)14-16-7-9-17(24)10-8-16/h6-10,13,24H,5,11-12,14H2,1-4H3/b15-13-,21-6?. The number of carbonyl (C=O) groups is 1. The number of phenolic OH excluding ortho intramolecular Hbond substituents is 1. The Morgan fingerprint density at radius 3 is 2.56 bits per heavy atom. The lowest BCUT2D eigenvalue weighted by atomic mass is 10.1. The molecule has 0 atom stereocenters. The van der Waals surface area contributed by atoms with Crippen molar-refractivity contribution < 1.29 is 9.90 Å². The van der Waals surface area contributed by atoms with Crippen molar-refractivity contribution in [3.63, 3.8) is 0 Å². The highest BCUT2D eigenvalue weighted by Crippen LogP contribution is 2.22. The van der Waals surface area contributed by atoms with Crippen molar-refractivity contribution in [2.45, 2.75) is 33.7 Å². The van der Waals surface area contributed by atoms with Crippen LogP contribution in [-0.4, -0.2) is 47.2 Å². The van der Waals surface area contributed by atoms with Crippen molar-refractivity contribution in [1.82, 2.24) is 9.80 Å². The number of hydrogen-bond acceptors (Lipinski definition) is 4. The molecule has 2 rings (SSSR count). The van der Waals surface area contributed by atoms with Gasteiger partial charge in [0.15, 0.2) is 0 Å². The second-order valence-electron chi connectivity index (χ2n) is 6.28. The van der Waals surface area contributed by atoms with E-state index in [1.165, 1.54) is 0 Å². The first-order valence-corrected chi connectivity index (χ1v) is 8.64. The van der Waals surface area contributed by atoms with E-state index in [1.807, 2.05) is 48.9 Å². The van der Waals surface area contributed by atoms with E-state index in [1.54, 1.807) is 18.3 Å². The van der Waals surface area contributed by atoms with E-state index < -0.39 is 0 Å². The first-order valence-electron chi connectivity index (χ1n) is 8.64. The highest BCUT2D eigenvalue weighted by molar-refractivity contribution is 5.97. The Bertz CT molecular complexity index is 702. The molecule has 1 heterocycles. The molecule has 0 saturated carbocycles. The lowest BCUT2D eigenvalue weighted by Crippen LogP contribution is -2.33. The topological polar surface area (TPSA) is 56.1 Å². The monoisotopic (exact) mass is 341 g/mol. The smallest absolute Gasteiger partial charge is 0.257 e. The number of rotatable bonds is 5. The summed E-state index contributed by atoms with van der Waals surface area (Å²) in [4.78, 5) is 21.5. The molecule has 1 aliphatic rings. The van der Waals surface area contributed by atoms with Gasteiger partial charge in [-0.1, -0.05) is 24.6 Å². The van der Waals surface area contributed by atoms with E-state index in [4.69, 9.17) is 0 Å². The van der Waals surface area contributed by atoms with Crippen LogP contribution in [0.3, 0.4) is 0 Å². The van der Waals surface area contributed by atoms with E-state index in [2.05, 4.69) is 11.9 Å². The van der Waals surface area contributed by atoms with Crippen molar-refractivity contribution >= 4 is 12.1 Å². The molecular formula is C20H27N3O2. The Balaban J connectivity index is 2.39. The average Bonchev–Trinajstić information content (AvgIpc) is 2.71. The third-order valence-electron chi connectivity index (χ3n) is 4.33. The van der Waals surface area contributed by atoms with Gasteiger partial charge < -0.3 is 14.9 Å². The van der Waals surface area contributed by atoms with Crippen molar-refractivity contribution in [2.24, 2.45) is 4.99 Å². The molecule has 0 fully saturated rings. The van der Waals surface area contributed by atoms with Crippen LogP contribution in [0.25, 0.3) is 0 Å². The number of amides is 1. The van der Waals surface area contributed by atoms with Gasteiger partial charge in [0.25, 0.3) is 5.91 Å². The van der Waals surface area contributed by atoms with Gasteiger partial charge in [-0.05, 0) is 44.0 Å². The fraction of sp³-hybridized carbons (Fsp3) is 0.400. The molecule has 5 nitrogen and oxygen atoms in total. The number of likely N-dealkylation sites (N-methyl/N-ethyl adjacent to an activating group) is 1. The van der Waals surface area contributed by atoms with Crippen LogP contribution < -0.4 is 0 Å². The van der Waals surface area contributed by atoms with Crippen molar-refractivity contribution in [1.29, 1.82) is 0 Å². The van der Waals surface area contributed by atoms with Crippen LogP contribution in [0.15, 0.2) is 52.3 Å². The fourth-order valence-electron chi connectivity index (χ4n) is 2.69. The summed E-state index contributed by atoms with van der Waals surface area (Å²) in [5.74, 6) is 0.937. The minimum absolute atomic E-state index is 0.00850. The summed E-state index contributed by atoms with van der Waals surface area (Å²) < 4.78 is 0. The van der Waals surface area contributed by atoms with Gasteiger partial charge in [-0.2, -0.15) is 0 Å². The number of benzene rings is 1. The zero-order chi connectivity index (χ0) is 18.4. The summed E-state index contributed by atoms with van der Waals surface area (Å²) in [7, 11) is 1.97. The maximum absolute atomic E-state index is 13.2. The minimum Gasteiger partial charge on any atom is -0.508 e. The van der Waals surface area contributed by atoms with Gasteiger partial charge >= 0.3 is 0 Å². The number of aliphatic imine (C=N–C) groups is 1. The Kier molecular flexibility index (Phi) is 6.39. The average molecular weight is 341 g/mol. The predicted molar refractivity (Wildman–Crippen MR) is 101 cm³/mol. The van der Waals surface area contributed by atoms with Gasteiger partial charge in [-0.25, -0.2) is 4.99 Å². The van der Waals surface area contributed by atoms with Crippen molar-refractivity contribution in [2.75, 3.05) is 20.1 Å². The predicted octanol–water partition coefficient (Wildman–Crippen LogP) is 3.32. The molecule has 1 N–H and O–H groups in total. The molecule has 5 heteroatoms. The van der Waals surface area contributed by atoms with Crippen molar-refractivity contribution in [3.8, 4) is 5.75 Å². The van der Waals surface area contributed by atoms with Gasteiger partial charge in [0, 0.05) is 32.9 Å². The summed E-state index contributed by atoms with van der Waals surface area (Å²) >= 11 is 0. The van der Waals surface area contributed by atoms with Gasteiger partial charge in [-0.15, -0.1) is 0 Å². The zero-order valence-electron chi connectivity index (χ0n) is 15.5. The second-order valence-corrected chi connectivity index (χ2v) is 6.28. The molecule has 0 unspecified atom stereocenters. The highest BCUT2D eigenvalue weighted by atomic mass is 16.3. The van der Waals surface area contributed by atoms with Crippen LogP contribution >= 0.6 is 0 Å². The molecule has 0 bridgehead atoms. The Hall–Kier alpha value is -2.56. The molecule has 0 saturated heterocycles. The third-order valence-corrected chi connectivity index (χ3v) is 4.33. The summed E-state index contributed by atoms with van der Waals surface area (Å²) in [5, 5.41) is 9.44. The molecule has 25 heavy (non-hydrogen) atoms. The molecule has 1 aromatic carbocycles. The summed E-state index contributed by atoms with van der Waals surface area (Å²) in [6, 6.07) is 6.99. The van der Waals surface area contributed by atoms with Crippen LogP contribution in [-0.2, 0) is 11.3 Å². The zero-order valence-corrected chi connectivity index (χ0v) is 15.5. The first kappa shape index (κ1) is 18.8. The van der Waals surface area contributed by atoms with E-state index >= 15 is 0 Å². The molecule has 134 valence electrons. The highest BCUT2D eigenvalue weighted by Gasteiger charge is 2.26. The first-order chi connectivity index (χ1) is 12.0. The normalized spacial score (nSPS) is 16.8. The lowest BCUT2D eigenvalue weighted by molar-refractivity contribution is -0.127. The maximum atomic E-state index is 13.2. The van der Waals surface area contributed by atoms with Gasteiger partial charge in [0.05, 0.1) is 5.57 Å². The number of carbonyl (C=O) groups excluding carboxylic acids is 1. The molecule has 0 aromatic heterocycles. The van der Waals surface area contributed by atoms with Crippen LogP contribution in [0, 0.1) is 0 Å². The molecule has 1 aromatic rings. The number of allylic oxidation sites excluding steroid dienone is 1.